The van der Waals surface area contributed by atoms with E-state index in [1.165, 1.54) is 19.1 Å². The standard InChI is InChI=1S/C26H28F7NO3.ClH/c1-15(18-11-19(25(28,29)30)13-20(12-18)26(31,32)33)37-22-8-5-17(14-34(2)10-9-23(35)36)24(22)16-3-6-21(27)7-4-16;/h3-4,6-7,11-13,15,17,22,24H,5,8-10,14H2,1-2H3,(H,35,36);1H/t15-,17+,22+,24+;/m1./s1. The molecule has 0 radical (unpaired) electrons. The molecule has 38 heavy (non-hydrogen) atoms. The molecule has 3 rings (SSSR count). The molecule has 12 heteroatoms. The predicted molar refractivity (Wildman–Crippen MR) is 129 cm³/mol. The Labute approximate surface area is 222 Å². The summed E-state index contributed by atoms with van der Waals surface area (Å²) in [6.45, 7) is 2.20. The van der Waals surface area contributed by atoms with E-state index >= 15 is 0 Å². The summed E-state index contributed by atoms with van der Waals surface area (Å²) in [4.78, 5) is 12.8. The molecule has 0 amide bonds. The molecule has 4 nitrogen and oxygen atoms in total. The molecule has 1 N–H and O–H groups in total. The lowest BCUT2D eigenvalue weighted by molar-refractivity contribution is -0.143. The van der Waals surface area contributed by atoms with Crippen molar-refractivity contribution in [1.29, 1.82) is 0 Å². The summed E-state index contributed by atoms with van der Waals surface area (Å²) in [6.07, 6.45) is -10.5. The number of ether oxygens (including phenoxy) is 1. The van der Waals surface area contributed by atoms with E-state index in [9.17, 15) is 35.5 Å². The van der Waals surface area contributed by atoms with Crippen LogP contribution in [0.4, 0.5) is 30.7 Å². The maximum absolute atomic E-state index is 13.6. The summed E-state index contributed by atoms with van der Waals surface area (Å²) in [6, 6.07) is 7.14. The van der Waals surface area contributed by atoms with Crippen LogP contribution < -0.4 is 0 Å². The van der Waals surface area contributed by atoms with Crippen molar-refractivity contribution in [3.05, 3.63) is 70.5 Å². The number of carboxylic acids is 1. The van der Waals surface area contributed by atoms with Crippen molar-refractivity contribution >= 4 is 18.4 Å². The molecule has 0 aliphatic heterocycles. The van der Waals surface area contributed by atoms with Gasteiger partial charge in [-0.3, -0.25) is 4.79 Å². The highest BCUT2D eigenvalue weighted by atomic mass is 35.5. The van der Waals surface area contributed by atoms with Gasteiger partial charge in [0.15, 0.2) is 0 Å². The van der Waals surface area contributed by atoms with Gasteiger partial charge in [-0.05, 0) is 74.2 Å². The average molecular weight is 572 g/mol. The van der Waals surface area contributed by atoms with E-state index in [2.05, 4.69) is 0 Å². The van der Waals surface area contributed by atoms with Crippen molar-refractivity contribution in [3.8, 4) is 0 Å². The first kappa shape index (κ1) is 31.8. The van der Waals surface area contributed by atoms with Crippen molar-refractivity contribution in [2.75, 3.05) is 20.1 Å². The van der Waals surface area contributed by atoms with Crippen LogP contribution in [0.3, 0.4) is 0 Å². The van der Waals surface area contributed by atoms with E-state index in [-0.39, 0.29) is 42.3 Å². The van der Waals surface area contributed by atoms with Gasteiger partial charge in [0.2, 0.25) is 0 Å². The molecule has 1 saturated carbocycles. The minimum absolute atomic E-state index is 0. The van der Waals surface area contributed by atoms with E-state index in [0.29, 0.717) is 38.1 Å². The van der Waals surface area contributed by atoms with Gasteiger partial charge in [0.05, 0.1) is 29.8 Å². The Balaban J connectivity index is 0.00000507. The van der Waals surface area contributed by atoms with E-state index in [4.69, 9.17) is 9.84 Å². The second-order valence-electron chi connectivity index (χ2n) is 9.48. The maximum atomic E-state index is 13.6. The molecule has 1 fully saturated rings. The van der Waals surface area contributed by atoms with Gasteiger partial charge in [-0.1, -0.05) is 12.1 Å². The van der Waals surface area contributed by atoms with Crippen LogP contribution in [-0.2, 0) is 21.9 Å². The largest absolute Gasteiger partial charge is 0.481 e. The zero-order chi connectivity index (χ0) is 27.5. The number of aliphatic carboxylic acids is 1. The van der Waals surface area contributed by atoms with Crippen LogP contribution in [0, 0.1) is 11.7 Å². The van der Waals surface area contributed by atoms with Gasteiger partial charge in [0.1, 0.15) is 5.82 Å². The molecule has 4 atom stereocenters. The molecule has 1 aliphatic carbocycles. The third-order valence-corrected chi connectivity index (χ3v) is 6.70. The summed E-state index contributed by atoms with van der Waals surface area (Å²) < 4.78 is 99.6. The first-order valence-electron chi connectivity index (χ1n) is 11.8. The smallest absolute Gasteiger partial charge is 0.416 e. The summed E-state index contributed by atoms with van der Waals surface area (Å²) >= 11 is 0. The molecule has 1 aliphatic rings. The maximum Gasteiger partial charge on any atom is 0.416 e. The molecule has 2 aromatic rings. The molecule has 0 saturated heterocycles. The fourth-order valence-corrected chi connectivity index (χ4v) is 4.90. The SMILES string of the molecule is C[C@@H](O[C@H]1CC[C@@H](CN(C)CCC(=O)O)[C@@H]1c1ccc(F)cc1)c1cc(C(F)(F)F)cc(C(F)(F)F)c1.Cl. The Morgan fingerprint density at radius 3 is 2.08 bits per heavy atom. The van der Waals surface area contributed by atoms with Crippen LogP contribution in [-0.4, -0.2) is 42.2 Å². The van der Waals surface area contributed by atoms with E-state index < -0.39 is 47.5 Å². The summed E-state index contributed by atoms with van der Waals surface area (Å²) in [5.41, 5.74) is -2.34. The van der Waals surface area contributed by atoms with Crippen molar-refractivity contribution < 1.29 is 45.4 Å². The van der Waals surface area contributed by atoms with Gasteiger partial charge >= 0.3 is 18.3 Å². The molecule has 2 aromatic carbocycles. The normalized spacial score (nSPS) is 20.8. The molecule has 0 bridgehead atoms. The van der Waals surface area contributed by atoms with Gasteiger partial charge in [-0.2, -0.15) is 26.3 Å². The lowest BCUT2D eigenvalue weighted by atomic mass is 9.87. The number of alkyl halides is 6. The van der Waals surface area contributed by atoms with Crippen molar-refractivity contribution in [2.45, 2.75) is 56.7 Å². The minimum Gasteiger partial charge on any atom is -0.481 e. The quantitative estimate of drug-likeness (QED) is 0.320. The average Bonchev–Trinajstić information content (AvgIpc) is 3.18. The molecule has 0 spiro atoms. The van der Waals surface area contributed by atoms with Crippen LogP contribution in [0.25, 0.3) is 0 Å². The first-order chi connectivity index (χ1) is 17.1. The lowest BCUT2D eigenvalue weighted by Crippen LogP contribution is -2.31. The third kappa shape index (κ3) is 8.31. The highest BCUT2D eigenvalue weighted by Gasteiger charge is 2.41. The summed E-state index contributed by atoms with van der Waals surface area (Å²) in [7, 11) is 1.77. The number of rotatable bonds is 9. The molecular weight excluding hydrogens is 543 g/mol. The van der Waals surface area contributed by atoms with Crippen LogP contribution in [0.5, 0.6) is 0 Å². The van der Waals surface area contributed by atoms with Crippen LogP contribution >= 0.6 is 12.4 Å². The number of benzene rings is 2. The van der Waals surface area contributed by atoms with Gasteiger partial charge in [-0.15, -0.1) is 12.4 Å². The van der Waals surface area contributed by atoms with Gasteiger partial charge in [0, 0.05) is 19.0 Å². The fraction of sp³-hybridized carbons (Fsp3) is 0.500. The van der Waals surface area contributed by atoms with E-state index in [0.717, 1.165) is 5.56 Å². The second kappa shape index (κ2) is 12.7. The predicted octanol–water partition coefficient (Wildman–Crippen LogP) is 7.33. The van der Waals surface area contributed by atoms with Crippen LogP contribution in [0.1, 0.15) is 60.5 Å². The number of carbonyl (C=O) groups is 1. The first-order valence-corrected chi connectivity index (χ1v) is 11.8. The van der Waals surface area contributed by atoms with Crippen molar-refractivity contribution in [3.63, 3.8) is 0 Å². The number of hydrogen-bond donors (Lipinski definition) is 1. The van der Waals surface area contributed by atoms with Gasteiger partial charge < -0.3 is 14.7 Å². The Kier molecular flexibility index (Phi) is 10.6. The van der Waals surface area contributed by atoms with Crippen LogP contribution in [0.2, 0.25) is 0 Å². The molecule has 0 heterocycles. The van der Waals surface area contributed by atoms with Crippen LogP contribution in [0.15, 0.2) is 42.5 Å². The molecular formula is C26H29ClF7NO3. The molecule has 212 valence electrons. The Hall–Kier alpha value is -2.37. The monoisotopic (exact) mass is 571 g/mol. The Bertz CT molecular complexity index is 1040. The van der Waals surface area contributed by atoms with E-state index in [1.54, 1.807) is 19.2 Å². The zero-order valence-corrected chi connectivity index (χ0v) is 21.5. The summed E-state index contributed by atoms with van der Waals surface area (Å²) in [5, 5.41) is 8.95. The van der Waals surface area contributed by atoms with Crippen molar-refractivity contribution in [2.24, 2.45) is 5.92 Å². The lowest BCUT2D eigenvalue weighted by Gasteiger charge is -2.30. The molecule has 0 aromatic heterocycles. The number of halogens is 8. The topological polar surface area (TPSA) is 49.8 Å². The second-order valence-corrected chi connectivity index (χ2v) is 9.48. The number of nitrogens with zero attached hydrogens (tertiary/aromatic N) is 1. The fourth-order valence-electron chi connectivity index (χ4n) is 4.90. The van der Waals surface area contributed by atoms with Crippen molar-refractivity contribution in [1.82, 2.24) is 4.90 Å². The zero-order valence-electron chi connectivity index (χ0n) is 20.7. The van der Waals surface area contributed by atoms with E-state index in [1.807, 2.05) is 4.90 Å². The Morgan fingerprint density at radius 2 is 1.58 bits per heavy atom. The Morgan fingerprint density at radius 1 is 1.03 bits per heavy atom. The minimum atomic E-state index is -4.97. The van der Waals surface area contributed by atoms with Gasteiger partial charge in [-0.25, -0.2) is 4.39 Å². The number of hydrogen-bond acceptors (Lipinski definition) is 3. The highest BCUT2D eigenvalue weighted by Crippen LogP contribution is 2.45. The highest BCUT2D eigenvalue weighted by molar-refractivity contribution is 5.85. The number of carboxylic acid groups (broad SMARTS) is 1. The molecule has 0 unspecified atom stereocenters. The summed E-state index contributed by atoms with van der Waals surface area (Å²) in [5.74, 6) is -1.76. The third-order valence-electron chi connectivity index (χ3n) is 6.70. The van der Waals surface area contributed by atoms with Gasteiger partial charge in [0.25, 0.3) is 0 Å².